The van der Waals surface area contributed by atoms with Gasteiger partial charge in [-0.3, -0.25) is 14.5 Å². The van der Waals surface area contributed by atoms with Gasteiger partial charge in [-0.15, -0.1) is 0 Å². The van der Waals surface area contributed by atoms with Crippen molar-refractivity contribution in [1.82, 2.24) is 4.90 Å². The molecule has 1 unspecified atom stereocenters. The summed E-state index contributed by atoms with van der Waals surface area (Å²) in [5, 5.41) is 9.21. The number of carboxylic acids is 1. The van der Waals surface area contributed by atoms with Gasteiger partial charge in [0, 0.05) is 0 Å². The third-order valence-corrected chi connectivity index (χ3v) is 3.25. The Kier molecular flexibility index (Phi) is 3.76. The standard InChI is InChI=1S/C14H13F2NO4/c1-6(2)3-11(14(20)21)17-12(18)7-4-9(15)10(16)5-8(7)13(17)19/h4-6,11H,3H2,1-2H3,(H,20,21). The van der Waals surface area contributed by atoms with Gasteiger partial charge in [0.15, 0.2) is 11.6 Å². The molecular formula is C14H13F2NO4. The van der Waals surface area contributed by atoms with Crippen LogP contribution in [-0.4, -0.2) is 33.8 Å². The van der Waals surface area contributed by atoms with Gasteiger partial charge in [0.1, 0.15) is 6.04 Å². The monoisotopic (exact) mass is 297 g/mol. The van der Waals surface area contributed by atoms with Crippen LogP contribution >= 0.6 is 0 Å². The summed E-state index contributed by atoms with van der Waals surface area (Å²) in [7, 11) is 0. The summed E-state index contributed by atoms with van der Waals surface area (Å²) in [4.78, 5) is 36.2. The third kappa shape index (κ3) is 2.51. The molecule has 1 aromatic rings. The van der Waals surface area contributed by atoms with Gasteiger partial charge in [-0.05, 0) is 24.5 Å². The van der Waals surface area contributed by atoms with Gasteiger partial charge in [-0.2, -0.15) is 0 Å². The number of carboxylic acid groups (broad SMARTS) is 1. The van der Waals surface area contributed by atoms with Crippen molar-refractivity contribution in [1.29, 1.82) is 0 Å². The molecule has 0 bridgehead atoms. The second kappa shape index (κ2) is 5.23. The summed E-state index contributed by atoms with van der Waals surface area (Å²) in [6.45, 7) is 3.49. The molecule has 1 aromatic carbocycles. The lowest BCUT2D eigenvalue weighted by Gasteiger charge is -2.23. The van der Waals surface area contributed by atoms with E-state index >= 15 is 0 Å². The molecule has 1 heterocycles. The quantitative estimate of drug-likeness (QED) is 0.863. The van der Waals surface area contributed by atoms with Gasteiger partial charge in [0.25, 0.3) is 11.8 Å². The van der Waals surface area contributed by atoms with E-state index in [9.17, 15) is 28.3 Å². The molecule has 2 amide bonds. The Hall–Kier alpha value is -2.31. The molecule has 1 aliphatic heterocycles. The fourth-order valence-corrected chi connectivity index (χ4v) is 2.30. The molecule has 0 saturated carbocycles. The van der Waals surface area contributed by atoms with E-state index < -0.39 is 35.5 Å². The Morgan fingerprint density at radius 3 is 1.90 bits per heavy atom. The van der Waals surface area contributed by atoms with Crippen LogP contribution < -0.4 is 0 Å². The molecule has 112 valence electrons. The number of nitrogens with zero attached hydrogens (tertiary/aromatic N) is 1. The number of amides is 2. The highest BCUT2D eigenvalue weighted by molar-refractivity contribution is 6.22. The van der Waals surface area contributed by atoms with Crippen molar-refractivity contribution >= 4 is 17.8 Å². The molecule has 1 N–H and O–H groups in total. The number of imide groups is 1. The van der Waals surface area contributed by atoms with E-state index in [1.165, 1.54) is 0 Å². The lowest BCUT2D eigenvalue weighted by molar-refractivity contribution is -0.142. The molecule has 0 spiro atoms. The average Bonchev–Trinajstić information content (AvgIpc) is 2.60. The predicted molar refractivity (Wildman–Crippen MR) is 67.7 cm³/mol. The fourth-order valence-electron chi connectivity index (χ4n) is 2.30. The van der Waals surface area contributed by atoms with E-state index in [4.69, 9.17) is 0 Å². The van der Waals surface area contributed by atoms with Crippen LogP contribution in [0.25, 0.3) is 0 Å². The zero-order valence-electron chi connectivity index (χ0n) is 11.4. The number of rotatable bonds is 4. The molecule has 0 fully saturated rings. The number of benzene rings is 1. The van der Waals surface area contributed by atoms with Crippen molar-refractivity contribution in [3.63, 3.8) is 0 Å². The Morgan fingerprint density at radius 1 is 1.14 bits per heavy atom. The Balaban J connectivity index is 2.47. The smallest absolute Gasteiger partial charge is 0.326 e. The van der Waals surface area contributed by atoms with Gasteiger partial charge in [0.05, 0.1) is 11.1 Å². The molecule has 1 aliphatic rings. The van der Waals surface area contributed by atoms with Crippen molar-refractivity contribution in [2.45, 2.75) is 26.3 Å². The zero-order valence-corrected chi connectivity index (χ0v) is 11.4. The maximum absolute atomic E-state index is 13.2. The van der Waals surface area contributed by atoms with E-state index in [0.717, 1.165) is 0 Å². The van der Waals surface area contributed by atoms with Crippen LogP contribution in [0.1, 0.15) is 41.0 Å². The molecule has 7 heteroatoms. The Labute approximate surface area is 119 Å². The van der Waals surface area contributed by atoms with Crippen LogP contribution in [0, 0.1) is 17.6 Å². The summed E-state index contributed by atoms with van der Waals surface area (Å²) in [6, 6.07) is -0.109. The third-order valence-electron chi connectivity index (χ3n) is 3.25. The van der Waals surface area contributed by atoms with E-state index in [2.05, 4.69) is 0 Å². The number of halogens is 2. The number of carbonyl (C=O) groups excluding carboxylic acids is 2. The fraction of sp³-hybridized carbons (Fsp3) is 0.357. The van der Waals surface area contributed by atoms with Gasteiger partial charge in [0.2, 0.25) is 0 Å². The minimum absolute atomic E-state index is 0.0613. The lowest BCUT2D eigenvalue weighted by atomic mass is 10.0. The van der Waals surface area contributed by atoms with Crippen molar-refractivity contribution in [3.8, 4) is 0 Å². The van der Waals surface area contributed by atoms with Crippen LogP contribution in [0.5, 0.6) is 0 Å². The summed E-state index contributed by atoms with van der Waals surface area (Å²) in [6.07, 6.45) is 0.0613. The van der Waals surface area contributed by atoms with E-state index in [-0.39, 0.29) is 23.5 Å². The van der Waals surface area contributed by atoms with Gasteiger partial charge < -0.3 is 5.11 Å². The number of carbonyl (C=O) groups is 3. The highest BCUT2D eigenvalue weighted by Gasteiger charge is 2.43. The Bertz CT molecular complexity index is 601. The molecule has 21 heavy (non-hydrogen) atoms. The first-order valence-corrected chi connectivity index (χ1v) is 6.33. The van der Waals surface area contributed by atoms with Crippen molar-refractivity contribution < 1.29 is 28.3 Å². The number of hydrogen-bond acceptors (Lipinski definition) is 3. The molecule has 5 nitrogen and oxygen atoms in total. The topological polar surface area (TPSA) is 74.7 Å². The van der Waals surface area contributed by atoms with E-state index in [1.807, 2.05) is 0 Å². The average molecular weight is 297 g/mol. The first-order valence-electron chi connectivity index (χ1n) is 6.33. The minimum Gasteiger partial charge on any atom is -0.480 e. The van der Waals surface area contributed by atoms with Gasteiger partial charge >= 0.3 is 5.97 Å². The lowest BCUT2D eigenvalue weighted by Crippen LogP contribution is -2.45. The predicted octanol–water partition coefficient (Wildman–Crippen LogP) is 2.06. The first kappa shape index (κ1) is 15.1. The Morgan fingerprint density at radius 2 is 1.57 bits per heavy atom. The van der Waals surface area contributed by atoms with E-state index in [1.54, 1.807) is 13.8 Å². The van der Waals surface area contributed by atoms with Crippen LogP contribution in [0.4, 0.5) is 8.78 Å². The highest BCUT2D eigenvalue weighted by Crippen LogP contribution is 2.28. The largest absolute Gasteiger partial charge is 0.480 e. The van der Waals surface area contributed by atoms with Crippen molar-refractivity contribution in [2.24, 2.45) is 5.92 Å². The van der Waals surface area contributed by atoms with Crippen LogP contribution in [0.15, 0.2) is 12.1 Å². The van der Waals surface area contributed by atoms with Crippen LogP contribution in [0.2, 0.25) is 0 Å². The summed E-state index contributed by atoms with van der Waals surface area (Å²) in [5.74, 6) is -5.76. The van der Waals surface area contributed by atoms with Gasteiger partial charge in [-0.1, -0.05) is 13.8 Å². The highest BCUT2D eigenvalue weighted by atomic mass is 19.2. The number of fused-ring (bicyclic) bond motifs is 1. The summed E-state index contributed by atoms with van der Waals surface area (Å²) < 4.78 is 26.4. The summed E-state index contributed by atoms with van der Waals surface area (Å²) >= 11 is 0. The second-order valence-corrected chi connectivity index (χ2v) is 5.28. The normalized spacial score (nSPS) is 15.6. The van der Waals surface area contributed by atoms with Crippen molar-refractivity contribution in [2.75, 3.05) is 0 Å². The van der Waals surface area contributed by atoms with Gasteiger partial charge in [-0.25, -0.2) is 13.6 Å². The molecule has 2 rings (SSSR count). The maximum atomic E-state index is 13.2. The molecule has 0 saturated heterocycles. The molecule has 1 atom stereocenters. The maximum Gasteiger partial charge on any atom is 0.326 e. The van der Waals surface area contributed by atoms with Crippen molar-refractivity contribution in [3.05, 3.63) is 34.9 Å². The van der Waals surface area contributed by atoms with Crippen LogP contribution in [0.3, 0.4) is 0 Å². The number of hydrogen-bond donors (Lipinski definition) is 1. The molecular weight excluding hydrogens is 284 g/mol. The first-order chi connectivity index (χ1) is 9.73. The minimum atomic E-state index is -1.36. The second-order valence-electron chi connectivity index (χ2n) is 5.28. The van der Waals surface area contributed by atoms with Crippen LogP contribution in [-0.2, 0) is 4.79 Å². The zero-order chi connectivity index (χ0) is 15.9. The molecule has 0 aromatic heterocycles. The molecule has 0 radical (unpaired) electrons. The summed E-state index contributed by atoms with van der Waals surface area (Å²) in [5.41, 5.74) is -0.622. The molecule has 0 aliphatic carbocycles. The van der Waals surface area contributed by atoms with E-state index in [0.29, 0.717) is 17.0 Å². The SMILES string of the molecule is CC(C)CC(C(=O)O)N1C(=O)c2cc(F)c(F)cc2C1=O. The number of aliphatic carboxylic acids is 1.